The molecule has 1 N–H and O–H groups in total. The molecule has 118 valence electrons. The van der Waals surface area contributed by atoms with Gasteiger partial charge in [-0.15, -0.1) is 0 Å². The molecule has 1 heterocycles. The summed E-state index contributed by atoms with van der Waals surface area (Å²) < 4.78 is 0. The fourth-order valence-electron chi connectivity index (χ4n) is 2.81. The van der Waals surface area contributed by atoms with Crippen LogP contribution in [-0.2, 0) is 17.9 Å². The lowest BCUT2D eigenvalue weighted by molar-refractivity contribution is -0.141. The van der Waals surface area contributed by atoms with E-state index in [0.29, 0.717) is 13.1 Å². The molecule has 2 amide bonds. The number of nitrogens with zero attached hydrogens (tertiary/aromatic N) is 2. The predicted octanol–water partition coefficient (Wildman–Crippen LogP) is 2.58. The Morgan fingerprint density at radius 1 is 0.957 bits per heavy atom. The van der Waals surface area contributed by atoms with E-state index in [-0.39, 0.29) is 12.6 Å². The van der Waals surface area contributed by atoms with E-state index in [9.17, 15) is 14.7 Å². The molecule has 2 aromatic rings. The largest absolute Gasteiger partial charge is 0.480 e. The van der Waals surface area contributed by atoms with Crippen LogP contribution in [0.25, 0.3) is 0 Å². The van der Waals surface area contributed by atoms with Crippen LogP contribution < -0.4 is 0 Å². The van der Waals surface area contributed by atoms with Gasteiger partial charge in [0.1, 0.15) is 6.04 Å². The van der Waals surface area contributed by atoms with Crippen molar-refractivity contribution in [2.24, 2.45) is 0 Å². The molecule has 0 unspecified atom stereocenters. The fraction of sp³-hybridized carbons (Fsp3) is 0.222. The van der Waals surface area contributed by atoms with Gasteiger partial charge < -0.3 is 14.9 Å². The van der Waals surface area contributed by atoms with Gasteiger partial charge in [0.25, 0.3) is 0 Å². The highest BCUT2D eigenvalue weighted by Gasteiger charge is 2.41. The van der Waals surface area contributed by atoms with Crippen molar-refractivity contribution in [1.82, 2.24) is 9.80 Å². The van der Waals surface area contributed by atoms with Gasteiger partial charge in [-0.2, -0.15) is 0 Å². The third-order valence-corrected chi connectivity index (χ3v) is 3.98. The molecule has 23 heavy (non-hydrogen) atoms. The smallest absolute Gasteiger partial charge is 0.328 e. The Kier molecular flexibility index (Phi) is 4.28. The first-order chi connectivity index (χ1) is 11.1. The van der Waals surface area contributed by atoms with Crippen molar-refractivity contribution in [3.63, 3.8) is 0 Å². The maximum atomic E-state index is 12.6. The number of carbonyl (C=O) groups excluding carboxylic acids is 1. The van der Waals surface area contributed by atoms with Gasteiger partial charge in [0.15, 0.2) is 0 Å². The highest BCUT2D eigenvalue weighted by atomic mass is 16.4. The van der Waals surface area contributed by atoms with Gasteiger partial charge in [0.2, 0.25) is 0 Å². The Bertz CT molecular complexity index is 688. The maximum Gasteiger partial charge on any atom is 0.328 e. The van der Waals surface area contributed by atoms with Crippen LogP contribution in [0.2, 0.25) is 0 Å². The highest BCUT2D eigenvalue weighted by molar-refractivity contribution is 5.86. The van der Waals surface area contributed by atoms with E-state index in [1.165, 1.54) is 4.90 Å². The second kappa shape index (κ2) is 6.52. The van der Waals surface area contributed by atoms with Gasteiger partial charge in [-0.1, -0.05) is 60.7 Å². The minimum absolute atomic E-state index is 0.204. The first-order valence-electron chi connectivity index (χ1n) is 7.51. The lowest BCUT2D eigenvalue weighted by atomic mass is 10.2. The summed E-state index contributed by atoms with van der Waals surface area (Å²) in [6.45, 7) is 0.937. The summed E-state index contributed by atoms with van der Waals surface area (Å²) in [7, 11) is 0. The normalized spacial score (nSPS) is 17.6. The van der Waals surface area contributed by atoms with Crippen molar-refractivity contribution in [3.05, 3.63) is 71.8 Å². The Balaban J connectivity index is 1.78. The molecule has 5 heteroatoms. The minimum Gasteiger partial charge on any atom is -0.480 e. The van der Waals surface area contributed by atoms with Crippen LogP contribution in [0.15, 0.2) is 60.7 Å². The van der Waals surface area contributed by atoms with Gasteiger partial charge in [-0.05, 0) is 11.1 Å². The van der Waals surface area contributed by atoms with Gasteiger partial charge in [-0.3, -0.25) is 0 Å². The fourth-order valence-corrected chi connectivity index (χ4v) is 2.81. The molecule has 5 nitrogen and oxygen atoms in total. The SMILES string of the molecule is O=C(O)[C@@H]1CN(Cc2ccccc2)C(=O)N1Cc1ccccc1. The number of hydrogen-bond donors (Lipinski definition) is 1. The van der Waals surface area contributed by atoms with Crippen LogP contribution in [0, 0.1) is 0 Å². The van der Waals surface area contributed by atoms with E-state index in [2.05, 4.69) is 0 Å². The number of carboxylic acids is 1. The summed E-state index contributed by atoms with van der Waals surface area (Å²) in [5.41, 5.74) is 1.92. The van der Waals surface area contributed by atoms with Crippen molar-refractivity contribution >= 4 is 12.0 Å². The van der Waals surface area contributed by atoms with E-state index in [4.69, 9.17) is 0 Å². The van der Waals surface area contributed by atoms with Gasteiger partial charge >= 0.3 is 12.0 Å². The van der Waals surface area contributed by atoms with Gasteiger partial charge in [-0.25, -0.2) is 9.59 Å². The standard InChI is InChI=1S/C18H18N2O3/c21-17(22)16-13-19(11-14-7-3-1-4-8-14)18(23)20(16)12-15-9-5-2-6-10-15/h1-10,16H,11-13H2,(H,21,22)/t16-/m0/s1. The molecule has 1 atom stereocenters. The molecule has 0 saturated carbocycles. The third kappa shape index (κ3) is 3.34. The first kappa shape index (κ1) is 15.1. The molecule has 1 fully saturated rings. The molecule has 0 radical (unpaired) electrons. The molecule has 2 aromatic carbocycles. The lowest BCUT2D eigenvalue weighted by Gasteiger charge is -2.20. The summed E-state index contributed by atoms with van der Waals surface area (Å²) in [6, 6.07) is 18.0. The molecular formula is C18H18N2O3. The number of amides is 2. The van der Waals surface area contributed by atoms with Crippen LogP contribution in [0.5, 0.6) is 0 Å². The number of benzene rings is 2. The second-order valence-electron chi connectivity index (χ2n) is 5.62. The zero-order valence-electron chi connectivity index (χ0n) is 12.6. The van der Waals surface area contributed by atoms with Gasteiger partial charge in [0.05, 0.1) is 6.54 Å². The summed E-state index contributed by atoms with van der Waals surface area (Å²) in [6.07, 6.45) is 0. The lowest BCUT2D eigenvalue weighted by Crippen LogP contribution is -2.39. The second-order valence-corrected chi connectivity index (χ2v) is 5.62. The summed E-state index contributed by atoms with van der Waals surface area (Å²) in [5, 5.41) is 9.44. The number of carbonyl (C=O) groups is 2. The predicted molar refractivity (Wildman–Crippen MR) is 85.7 cm³/mol. The number of urea groups is 1. The van der Waals surface area contributed by atoms with E-state index < -0.39 is 12.0 Å². The van der Waals surface area contributed by atoms with Crippen LogP contribution >= 0.6 is 0 Å². The average Bonchev–Trinajstić information content (AvgIpc) is 2.86. The molecular weight excluding hydrogens is 292 g/mol. The minimum atomic E-state index is -0.968. The van der Waals surface area contributed by atoms with Crippen LogP contribution in [0.4, 0.5) is 4.79 Å². The number of rotatable bonds is 5. The molecule has 1 aliphatic rings. The summed E-state index contributed by atoms with van der Waals surface area (Å²) in [5.74, 6) is -0.968. The first-order valence-corrected chi connectivity index (χ1v) is 7.51. The van der Waals surface area contributed by atoms with Crippen LogP contribution in [0.1, 0.15) is 11.1 Å². The number of carboxylic acid groups (broad SMARTS) is 1. The van der Waals surface area contributed by atoms with Crippen LogP contribution in [0.3, 0.4) is 0 Å². The zero-order chi connectivity index (χ0) is 16.2. The average molecular weight is 310 g/mol. The maximum absolute atomic E-state index is 12.6. The quantitative estimate of drug-likeness (QED) is 0.923. The molecule has 0 aromatic heterocycles. The topological polar surface area (TPSA) is 60.9 Å². The van der Waals surface area contributed by atoms with Crippen molar-refractivity contribution in [1.29, 1.82) is 0 Å². The third-order valence-electron chi connectivity index (χ3n) is 3.98. The van der Waals surface area contributed by atoms with Crippen LogP contribution in [-0.4, -0.2) is 39.5 Å². The Morgan fingerprint density at radius 2 is 1.48 bits per heavy atom. The van der Waals surface area contributed by atoms with Crippen molar-refractivity contribution in [2.45, 2.75) is 19.1 Å². The summed E-state index contributed by atoms with van der Waals surface area (Å²) >= 11 is 0. The van der Waals surface area contributed by atoms with Gasteiger partial charge in [0, 0.05) is 13.1 Å². The summed E-state index contributed by atoms with van der Waals surface area (Å²) in [4.78, 5) is 27.2. The molecule has 0 bridgehead atoms. The molecule has 1 saturated heterocycles. The number of aliphatic carboxylic acids is 1. The van der Waals surface area contributed by atoms with E-state index >= 15 is 0 Å². The molecule has 0 spiro atoms. The van der Waals surface area contributed by atoms with Crippen molar-refractivity contribution in [3.8, 4) is 0 Å². The molecule has 3 rings (SSSR count). The molecule has 0 aliphatic carbocycles. The zero-order valence-corrected chi connectivity index (χ0v) is 12.6. The Morgan fingerprint density at radius 3 is 2.00 bits per heavy atom. The highest BCUT2D eigenvalue weighted by Crippen LogP contribution is 2.21. The van der Waals surface area contributed by atoms with E-state index in [1.807, 2.05) is 60.7 Å². The Labute approximate surface area is 134 Å². The van der Waals surface area contributed by atoms with E-state index in [0.717, 1.165) is 11.1 Å². The van der Waals surface area contributed by atoms with E-state index in [1.54, 1.807) is 4.90 Å². The molecule has 1 aliphatic heterocycles. The van der Waals surface area contributed by atoms with Crippen molar-refractivity contribution < 1.29 is 14.7 Å². The number of hydrogen-bond acceptors (Lipinski definition) is 2. The van der Waals surface area contributed by atoms with Crippen molar-refractivity contribution in [2.75, 3.05) is 6.54 Å². The Hall–Kier alpha value is -2.82. The monoisotopic (exact) mass is 310 g/mol.